The lowest BCUT2D eigenvalue weighted by atomic mass is 10.1. The Balaban J connectivity index is 2.08. The maximum absolute atomic E-state index is 12.0. The highest BCUT2D eigenvalue weighted by molar-refractivity contribution is 4.72. The van der Waals surface area contributed by atoms with E-state index in [9.17, 15) is 4.39 Å². The van der Waals surface area contributed by atoms with E-state index in [2.05, 4.69) is 4.90 Å². The fraction of sp³-hybridized carbons (Fsp3) is 1.00. The van der Waals surface area contributed by atoms with E-state index in [1.807, 2.05) is 0 Å². The highest BCUT2D eigenvalue weighted by Crippen LogP contribution is 2.12. The fourth-order valence-corrected chi connectivity index (χ4v) is 1.64. The monoisotopic (exact) mass is 191 g/mol. The Labute approximate surface area is 78.5 Å². The number of hydrogen-bond acceptors (Lipinski definition) is 3. The summed E-state index contributed by atoms with van der Waals surface area (Å²) in [5.41, 5.74) is 0. The predicted octanol–water partition coefficient (Wildman–Crippen LogP) is 0.429. The molecule has 3 nitrogen and oxygen atoms in total. The van der Waals surface area contributed by atoms with Crippen molar-refractivity contribution in [2.24, 2.45) is 0 Å². The fourth-order valence-electron chi connectivity index (χ4n) is 1.64. The maximum atomic E-state index is 12.0. The smallest absolute Gasteiger partial charge is 0.102 e. The minimum Gasteiger partial charge on any atom is -0.394 e. The lowest BCUT2D eigenvalue weighted by Crippen LogP contribution is -2.38. The van der Waals surface area contributed by atoms with Crippen molar-refractivity contribution in [3.63, 3.8) is 0 Å². The highest BCUT2D eigenvalue weighted by atomic mass is 19.1. The van der Waals surface area contributed by atoms with E-state index in [1.54, 1.807) is 0 Å². The first-order valence-corrected chi connectivity index (χ1v) is 4.87. The molecule has 0 bridgehead atoms. The molecule has 1 aliphatic heterocycles. The first kappa shape index (κ1) is 10.9. The maximum Gasteiger partial charge on any atom is 0.102 e. The van der Waals surface area contributed by atoms with Gasteiger partial charge in [0.05, 0.1) is 19.3 Å². The van der Waals surface area contributed by atoms with Gasteiger partial charge in [-0.25, -0.2) is 4.39 Å². The molecule has 1 heterocycles. The second kappa shape index (κ2) is 6.29. The van der Waals surface area contributed by atoms with Crippen LogP contribution in [0.1, 0.15) is 12.8 Å². The zero-order chi connectivity index (χ0) is 9.52. The van der Waals surface area contributed by atoms with Crippen molar-refractivity contribution >= 4 is 0 Å². The zero-order valence-corrected chi connectivity index (χ0v) is 7.91. The zero-order valence-electron chi connectivity index (χ0n) is 7.91. The van der Waals surface area contributed by atoms with Crippen molar-refractivity contribution in [1.29, 1.82) is 0 Å². The third-order valence-corrected chi connectivity index (χ3v) is 2.38. The van der Waals surface area contributed by atoms with Crippen LogP contribution in [0.3, 0.4) is 0 Å². The van der Waals surface area contributed by atoms with E-state index in [-0.39, 0.29) is 19.4 Å². The summed E-state index contributed by atoms with van der Waals surface area (Å²) >= 11 is 0. The van der Waals surface area contributed by atoms with Crippen LogP contribution >= 0.6 is 0 Å². The topological polar surface area (TPSA) is 32.7 Å². The summed E-state index contributed by atoms with van der Waals surface area (Å²) in [6, 6.07) is 0. The van der Waals surface area contributed by atoms with E-state index < -0.39 is 0 Å². The van der Waals surface area contributed by atoms with Gasteiger partial charge in [-0.15, -0.1) is 0 Å². The number of piperidine rings is 1. The van der Waals surface area contributed by atoms with Gasteiger partial charge in [0.25, 0.3) is 0 Å². The third-order valence-electron chi connectivity index (χ3n) is 2.38. The molecule has 0 aromatic carbocycles. The Kier molecular flexibility index (Phi) is 5.27. The molecule has 0 saturated carbocycles. The lowest BCUT2D eigenvalue weighted by molar-refractivity contribution is -0.00835. The van der Waals surface area contributed by atoms with Crippen LogP contribution in [0.15, 0.2) is 0 Å². The van der Waals surface area contributed by atoms with E-state index in [0.717, 1.165) is 25.9 Å². The van der Waals surface area contributed by atoms with Gasteiger partial charge < -0.3 is 14.7 Å². The standard InChI is InChI=1S/C9H18FNO2/c10-3-6-11-4-1-9(2-5-11)13-8-7-12/h9,12H,1-8H2. The number of aliphatic hydroxyl groups excluding tert-OH is 1. The van der Waals surface area contributed by atoms with Gasteiger partial charge in [0.1, 0.15) is 6.67 Å². The summed E-state index contributed by atoms with van der Waals surface area (Å²) < 4.78 is 17.4. The molecule has 0 spiro atoms. The van der Waals surface area contributed by atoms with Crippen LogP contribution in [-0.4, -0.2) is 55.6 Å². The molecule has 1 fully saturated rings. The number of nitrogens with zero attached hydrogens (tertiary/aromatic N) is 1. The molecule has 1 rings (SSSR count). The summed E-state index contributed by atoms with van der Waals surface area (Å²) in [5.74, 6) is 0. The van der Waals surface area contributed by atoms with Crippen LogP contribution in [0, 0.1) is 0 Å². The van der Waals surface area contributed by atoms with Crippen LogP contribution in [0.5, 0.6) is 0 Å². The van der Waals surface area contributed by atoms with E-state index in [0.29, 0.717) is 13.2 Å². The van der Waals surface area contributed by atoms with Crippen molar-refractivity contribution in [1.82, 2.24) is 4.90 Å². The number of likely N-dealkylation sites (tertiary alicyclic amines) is 1. The number of rotatable bonds is 5. The highest BCUT2D eigenvalue weighted by Gasteiger charge is 2.18. The van der Waals surface area contributed by atoms with E-state index in [4.69, 9.17) is 9.84 Å². The van der Waals surface area contributed by atoms with Gasteiger partial charge in [-0.2, -0.15) is 0 Å². The normalized spacial score (nSPS) is 20.8. The van der Waals surface area contributed by atoms with Crippen LogP contribution in [-0.2, 0) is 4.74 Å². The summed E-state index contributed by atoms with van der Waals surface area (Å²) in [6.45, 7) is 2.63. The second-order valence-electron chi connectivity index (χ2n) is 3.32. The van der Waals surface area contributed by atoms with Gasteiger partial charge in [0.15, 0.2) is 0 Å². The molecule has 4 heteroatoms. The van der Waals surface area contributed by atoms with Crippen molar-refractivity contribution < 1.29 is 14.2 Å². The molecule has 0 aromatic rings. The van der Waals surface area contributed by atoms with Gasteiger partial charge >= 0.3 is 0 Å². The van der Waals surface area contributed by atoms with E-state index >= 15 is 0 Å². The number of alkyl halides is 1. The molecule has 0 aliphatic carbocycles. The second-order valence-corrected chi connectivity index (χ2v) is 3.32. The first-order valence-electron chi connectivity index (χ1n) is 4.87. The van der Waals surface area contributed by atoms with Gasteiger partial charge in [-0.1, -0.05) is 0 Å². The average molecular weight is 191 g/mol. The van der Waals surface area contributed by atoms with Crippen LogP contribution in [0.4, 0.5) is 4.39 Å². The van der Waals surface area contributed by atoms with Crippen molar-refractivity contribution in [2.45, 2.75) is 18.9 Å². The molecule has 1 N–H and O–H groups in total. The molecule has 1 aliphatic rings. The van der Waals surface area contributed by atoms with Crippen molar-refractivity contribution in [3.8, 4) is 0 Å². The number of ether oxygens (including phenoxy) is 1. The van der Waals surface area contributed by atoms with Crippen molar-refractivity contribution in [3.05, 3.63) is 0 Å². The third kappa shape index (κ3) is 4.02. The molecule has 0 amide bonds. The molecule has 0 aromatic heterocycles. The molecule has 78 valence electrons. The number of halogens is 1. The van der Waals surface area contributed by atoms with Gasteiger partial charge in [-0.05, 0) is 12.8 Å². The predicted molar refractivity (Wildman–Crippen MR) is 48.5 cm³/mol. The molecule has 13 heavy (non-hydrogen) atoms. The molecule has 0 radical (unpaired) electrons. The summed E-state index contributed by atoms with van der Waals surface area (Å²) in [6.07, 6.45) is 2.18. The van der Waals surface area contributed by atoms with Gasteiger partial charge in [0.2, 0.25) is 0 Å². The first-order chi connectivity index (χ1) is 6.36. The minimum absolute atomic E-state index is 0.0880. The number of hydrogen-bond donors (Lipinski definition) is 1. The van der Waals surface area contributed by atoms with Gasteiger partial charge in [-0.3, -0.25) is 0 Å². The molecule has 1 saturated heterocycles. The van der Waals surface area contributed by atoms with Crippen LogP contribution in [0.25, 0.3) is 0 Å². The van der Waals surface area contributed by atoms with Crippen molar-refractivity contribution in [2.75, 3.05) is 39.5 Å². The summed E-state index contributed by atoms with van der Waals surface area (Å²) in [5, 5.41) is 8.55. The average Bonchev–Trinajstić information content (AvgIpc) is 2.17. The Hall–Kier alpha value is -0.190. The quantitative estimate of drug-likeness (QED) is 0.684. The SMILES string of the molecule is OCCOC1CCN(CCF)CC1. The Morgan fingerprint density at radius 2 is 2.08 bits per heavy atom. The van der Waals surface area contributed by atoms with E-state index in [1.165, 1.54) is 0 Å². The lowest BCUT2D eigenvalue weighted by Gasteiger charge is -2.30. The molecule has 0 atom stereocenters. The summed E-state index contributed by atoms with van der Waals surface area (Å²) in [4.78, 5) is 2.11. The van der Waals surface area contributed by atoms with Crippen LogP contribution < -0.4 is 0 Å². The molecular weight excluding hydrogens is 173 g/mol. The molecule has 0 unspecified atom stereocenters. The van der Waals surface area contributed by atoms with Crippen LogP contribution in [0.2, 0.25) is 0 Å². The number of aliphatic hydroxyl groups is 1. The minimum atomic E-state index is -0.262. The molecular formula is C9H18FNO2. The Bertz CT molecular complexity index is 127. The van der Waals surface area contributed by atoms with Gasteiger partial charge in [0, 0.05) is 19.6 Å². The largest absolute Gasteiger partial charge is 0.394 e. The Morgan fingerprint density at radius 3 is 2.62 bits per heavy atom. The Morgan fingerprint density at radius 1 is 1.38 bits per heavy atom. The summed E-state index contributed by atoms with van der Waals surface area (Å²) in [7, 11) is 0.